The van der Waals surface area contributed by atoms with Gasteiger partial charge in [-0.1, -0.05) is 23.5 Å². The summed E-state index contributed by atoms with van der Waals surface area (Å²) in [6, 6.07) is 8.18. The molecular weight excluding hydrogens is 358 g/mol. The van der Waals surface area contributed by atoms with Crippen molar-refractivity contribution in [3.63, 3.8) is 0 Å². The molecule has 0 spiro atoms. The smallest absolute Gasteiger partial charge is 0.245 e. The van der Waals surface area contributed by atoms with Crippen LogP contribution in [-0.2, 0) is 11.2 Å². The van der Waals surface area contributed by atoms with Gasteiger partial charge in [0, 0.05) is 31.1 Å². The summed E-state index contributed by atoms with van der Waals surface area (Å²) in [5.41, 5.74) is 2.12. The minimum Gasteiger partial charge on any atom is -0.497 e. The Morgan fingerprint density at radius 3 is 2.74 bits per heavy atom. The number of fused-ring (bicyclic) bond motifs is 1. The summed E-state index contributed by atoms with van der Waals surface area (Å²) in [6.45, 7) is 6.13. The highest BCUT2D eigenvalue weighted by atomic mass is 32.1. The Bertz CT molecular complexity index is 827. The van der Waals surface area contributed by atoms with Gasteiger partial charge in [-0.15, -0.1) is 0 Å². The molecule has 1 amide bonds. The number of benzene rings is 1. The van der Waals surface area contributed by atoms with Crippen molar-refractivity contribution in [3.8, 4) is 16.3 Å². The largest absolute Gasteiger partial charge is 0.497 e. The number of aromatic nitrogens is 1. The van der Waals surface area contributed by atoms with Crippen molar-refractivity contribution < 1.29 is 9.53 Å². The average molecular weight is 386 g/mol. The molecule has 0 saturated carbocycles. The van der Waals surface area contributed by atoms with Gasteiger partial charge in [0.05, 0.1) is 12.8 Å². The van der Waals surface area contributed by atoms with Crippen LogP contribution in [0.1, 0.15) is 38.8 Å². The second-order valence-electron chi connectivity index (χ2n) is 7.61. The lowest BCUT2D eigenvalue weighted by atomic mass is 10.1. The van der Waals surface area contributed by atoms with Crippen LogP contribution in [0.2, 0.25) is 0 Å². The number of ether oxygens (including phenoxy) is 1. The van der Waals surface area contributed by atoms with Crippen LogP contribution >= 0.6 is 11.3 Å². The Kier molecular flexibility index (Phi) is 5.08. The molecule has 0 radical (unpaired) electrons. The number of anilines is 1. The number of piperidine rings is 1. The monoisotopic (exact) mass is 385 g/mol. The van der Waals surface area contributed by atoms with Crippen molar-refractivity contribution in [1.29, 1.82) is 0 Å². The number of hydrogen-bond donors (Lipinski definition) is 0. The molecule has 5 nitrogen and oxygen atoms in total. The fraction of sp³-hybridized carbons (Fsp3) is 0.524. The van der Waals surface area contributed by atoms with Crippen molar-refractivity contribution in [1.82, 2.24) is 9.88 Å². The second-order valence-corrected chi connectivity index (χ2v) is 8.59. The molecule has 2 aliphatic rings. The van der Waals surface area contributed by atoms with Gasteiger partial charge in [-0.3, -0.25) is 4.79 Å². The zero-order valence-corrected chi connectivity index (χ0v) is 17.1. The van der Waals surface area contributed by atoms with Gasteiger partial charge < -0.3 is 14.5 Å². The molecule has 6 heteroatoms. The van der Waals surface area contributed by atoms with E-state index in [-0.39, 0.29) is 18.0 Å². The molecule has 1 fully saturated rings. The highest BCUT2D eigenvalue weighted by molar-refractivity contribution is 7.19. The molecule has 1 atom stereocenters. The van der Waals surface area contributed by atoms with Gasteiger partial charge >= 0.3 is 0 Å². The molecule has 1 aromatic heterocycles. The van der Waals surface area contributed by atoms with Crippen LogP contribution < -0.4 is 9.64 Å². The minimum absolute atomic E-state index is 0.101. The van der Waals surface area contributed by atoms with Crippen LogP contribution in [0, 0.1) is 0 Å². The second kappa shape index (κ2) is 7.50. The third-order valence-corrected chi connectivity index (χ3v) is 6.62. The first kappa shape index (κ1) is 18.3. The number of likely N-dealkylation sites (tertiary alicyclic amines) is 1. The van der Waals surface area contributed by atoms with Crippen LogP contribution in [0.4, 0.5) is 5.00 Å². The van der Waals surface area contributed by atoms with Gasteiger partial charge in [0.15, 0.2) is 0 Å². The maximum Gasteiger partial charge on any atom is 0.245 e. The molecule has 1 saturated heterocycles. The van der Waals surface area contributed by atoms with E-state index in [9.17, 15) is 4.79 Å². The number of hydrogen-bond acceptors (Lipinski definition) is 5. The summed E-state index contributed by atoms with van der Waals surface area (Å²) in [4.78, 5) is 22.4. The number of carbonyl (C=O) groups excluding carboxylic acids is 1. The van der Waals surface area contributed by atoms with Crippen molar-refractivity contribution in [3.05, 3.63) is 30.0 Å². The van der Waals surface area contributed by atoms with E-state index in [1.54, 1.807) is 18.4 Å². The third-order valence-electron chi connectivity index (χ3n) is 5.46. The van der Waals surface area contributed by atoms with E-state index in [0.717, 1.165) is 52.9 Å². The zero-order chi connectivity index (χ0) is 19.0. The van der Waals surface area contributed by atoms with Crippen LogP contribution in [0.5, 0.6) is 5.75 Å². The van der Waals surface area contributed by atoms with E-state index < -0.39 is 0 Å². The number of rotatable bonds is 4. The Morgan fingerprint density at radius 1 is 1.26 bits per heavy atom. The maximum atomic E-state index is 13.2. The lowest BCUT2D eigenvalue weighted by Crippen LogP contribution is -2.51. The van der Waals surface area contributed by atoms with Gasteiger partial charge in [0.1, 0.15) is 21.8 Å². The standard InChI is InChI=1S/C21H27N3O2S/c1-14(2)24-18(20(25)23-10-5-4-6-11-23)13-17-21(24)27-19(22-17)15-8-7-9-16(12-15)26-3/h7-9,12,14,18H,4-6,10-11,13H2,1-3H3/t18-/m1/s1. The number of carbonyl (C=O) groups is 1. The lowest BCUT2D eigenvalue weighted by Gasteiger charge is -2.35. The maximum absolute atomic E-state index is 13.2. The first-order chi connectivity index (χ1) is 13.1. The molecule has 0 N–H and O–H groups in total. The van der Waals surface area contributed by atoms with E-state index in [4.69, 9.17) is 9.72 Å². The fourth-order valence-corrected chi connectivity index (χ4v) is 5.38. The molecule has 144 valence electrons. The molecule has 0 aliphatic carbocycles. The normalized spacial score (nSPS) is 19.5. The van der Waals surface area contributed by atoms with Crippen molar-refractivity contribution in [2.24, 2.45) is 0 Å². The zero-order valence-electron chi connectivity index (χ0n) is 16.3. The van der Waals surface area contributed by atoms with Crippen molar-refractivity contribution in [2.45, 2.75) is 51.6 Å². The predicted octanol–water partition coefficient (Wildman–Crippen LogP) is 3.97. The van der Waals surface area contributed by atoms with E-state index in [0.29, 0.717) is 6.42 Å². The van der Waals surface area contributed by atoms with E-state index in [1.165, 1.54) is 6.42 Å². The molecule has 2 aliphatic heterocycles. The molecule has 1 aromatic carbocycles. The number of nitrogens with zero attached hydrogens (tertiary/aromatic N) is 3. The summed E-state index contributed by atoms with van der Waals surface area (Å²) in [5.74, 6) is 1.11. The number of amides is 1. The number of methoxy groups -OCH3 is 1. The molecule has 2 aromatic rings. The van der Waals surface area contributed by atoms with Crippen molar-refractivity contribution >= 4 is 22.2 Å². The Balaban J connectivity index is 1.61. The van der Waals surface area contributed by atoms with Crippen LogP contribution in [0.15, 0.2) is 24.3 Å². The first-order valence-electron chi connectivity index (χ1n) is 9.79. The summed E-state index contributed by atoms with van der Waals surface area (Å²) < 4.78 is 5.34. The Hall–Kier alpha value is -2.08. The fourth-order valence-electron chi connectivity index (χ4n) is 4.11. The van der Waals surface area contributed by atoms with Gasteiger partial charge in [0.2, 0.25) is 5.91 Å². The SMILES string of the molecule is COc1cccc(-c2nc3c(s2)N(C(C)C)[C@@H](C(=O)N2CCCCC2)C3)c1. The predicted molar refractivity (Wildman–Crippen MR) is 110 cm³/mol. The minimum atomic E-state index is -0.101. The van der Waals surface area contributed by atoms with Crippen molar-refractivity contribution in [2.75, 3.05) is 25.1 Å². The Labute approximate surface area is 165 Å². The molecule has 4 rings (SSSR count). The third kappa shape index (κ3) is 3.43. The quantitative estimate of drug-likeness (QED) is 0.799. The molecule has 0 unspecified atom stereocenters. The number of thiazole rings is 1. The highest BCUT2D eigenvalue weighted by Crippen LogP contribution is 2.43. The van der Waals surface area contributed by atoms with E-state index >= 15 is 0 Å². The van der Waals surface area contributed by atoms with Crippen LogP contribution in [0.3, 0.4) is 0 Å². The topological polar surface area (TPSA) is 45.7 Å². The summed E-state index contributed by atoms with van der Waals surface area (Å²) in [7, 11) is 1.68. The summed E-state index contributed by atoms with van der Waals surface area (Å²) in [6.07, 6.45) is 4.20. The van der Waals surface area contributed by atoms with E-state index in [2.05, 4.69) is 29.7 Å². The van der Waals surface area contributed by atoms with Crippen LogP contribution in [-0.4, -0.2) is 48.1 Å². The van der Waals surface area contributed by atoms with Gasteiger partial charge in [-0.05, 0) is 45.2 Å². The van der Waals surface area contributed by atoms with Gasteiger partial charge in [-0.2, -0.15) is 0 Å². The van der Waals surface area contributed by atoms with Gasteiger partial charge in [-0.25, -0.2) is 4.98 Å². The molecule has 27 heavy (non-hydrogen) atoms. The van der Waals surface area contributed by atoms with E-state index in [1.807, 2.05) is 18.2 Å². The average Bonchev–Trinajstić information content (AvgIpc) is 3.26. The molecular formula is C21H27N3O2S. The highest BCUT2D eigenvalue weighted by Gasteiger charge is 2.40. The van der Waals surface area contributed by atoms with Gasteiger partial charge in [0.25, 0.3) is 0 Å². The summed E-state index contributed by atoms with van der Waals surface area (Å²) >= 11 is 1.69. The molecule has 3 heterocycles. The summed E-state index contributed by atoms with van der Waals surface area (Å²) in [5, 5.41) is 2.15. The first-order valence-corrected chi connectivity index (χ1v) is 10.6. The molecule has 0 bridgehead atoms. The lowest BCUT2D eigenvalue weighted by molar-refractivity contribution is -0.133. The Morgan fingerprint density at radius 2 is 2.04 bits per heavy atom. The van der Waals surface area contributed by atoms with Crippen LogP contribution in [0.25, 0.3) is 10.6 Å².